The summed E-state index contributed by atoms with van der Waals surface area (Å²) in [4.78, 5) is 18.6. The molecule has 138 valence electrons. The molecule has 0 bridgehead atoms. The summed E-state index contributed by atoms with van der Waals surface area (Å²) in [5.74, 6) is 2.94. The number of carbonyl (C=O) groups is 1. The van der Waals surface area contributed by atoms with Crippen molar-refractivity contribution in [3.05, 3.63) is 42.5 Å². The summed E-state index contributed by atoms with van der Waals surface area (Å²) in [5.41, 5.74) is 0.682. The van der Waals surface area contributed by atoms with Crippen LogP contribution in [0.3, 0.4) is 0 Å². The molecule has 9 nitrogen and oxygen atoms in total. The number of anilines is 1. The number of rotatable bonds is 5. The van der Waals surface area contributed by atoms with Gasteiger partial charge in [0.15, 0.2) is 17.3 Å². The van der Waals surface area contributed by atoms with Crippen molar-refractivity contribution in [2.75, 3.05) is 31.7 Å². The van der Waals surface area contributed by atoms with Gasteiger partial charge in [-0.1, -0.05) is 5.16 Å². The molecule has 0 radical (unpaired) electrons. The van der Waals surface area contributed by atoms with Gasteiger partial charge in [-0.05, 0) is 24.3 Å². The van der Waals surface area contributed by atoms with E-state index in [0.717, 1.165) is 0 Å². The zero-order valence-electron chi connectivity index (χ0n) is 14.3. The lowest BCUT2D eigenvalue weighted by atomic mass is 10.0. The van der Waals surface area contributed by atoms with Crippen molar-refractivity contribution in [3.63, 3.8) is 0 Å². The Morgan fingerprint density at radius 2 is 2.11 bits per heavy atom. The van der Waals surface area contributed by atoms with Crippen LogP contribution in [-0.2, 0) is 4.79 Å². The van der Waals surface area contributed by atoms with Gasteiger partial charge in [0.05, 0.1) is 18.7 Å². The Morgan fingerprint density at radius 1 is 1.22 bits per heavy atom. The number of aromatic nitrogens is 2. The number of hydrogen-bond donors (Lipinski definition) is 1. The molecule has 4 heterocycles. The number of benzene rings is 1. The Bertz CT molecular complexity index is 962. The van der Waals surface area contributed by atoms with Crippen LogP contribution in [0.15, 0.2) is 45.5 Å². The summed E-state index contributed by atoms with van der Waals surface area (Å²) in [5, 5.41) is 6.80. The van der Waals surface area contributed by atoms with E-state index in [4.69, 9.17) is 18.4 Å². The number of fused-ring (bicyclic) bond motifs is 1. The summed E-state index contributed by atoms with van der Waals surface area (Å²) in [6.07, 6.45) is 1.56. The van der Waals surface area contributed by atoms with Crippen molar-refractivity contribution in [1.29, 1.82) is 0 Å². The number of hydrogen-bond acceptors (Lipinski definition) is 8. The standard InChI is InChI=1S/C18H16N4O5/c23-16(19-12-3-4-13-15(6-12)26-10-25-13)9-22-7-11(8-22)18-20-17(21-27-18)14-2-1-5-24-14/h1-6,11H,7-10H2,(H,19,23). The summed E-state index contributed by atoms with van der Waals surface area (Å²) in [7, 11) is 0. The first-order valence-corrected chi connectivity index (χ1v) is 8.54. The minimum atomic E-state index is -0.0888. The van der Waals surface area contributed by atoms with Crippen molar-refractivity contribution < 1.29 is 23.2 Å². The van der Waals surface area contributed by atoms with E-state index in [1.165, 1.54) is 0 Å². The number of likely N-dealkylation sites (tertiary alicyclic amines) is 1. The largest absolute Gasteiger partial charge is 0.461 e. The molecule has 0 spiro atoms. The fraction of sp³-hybridized carbons (Fsp3) is 0.278. The van der Waals surface area contributed by atoms with Crippen LogP contribution in [0.25, 0.3) is 11.6 Å². The highest BCUT2D eigenvalue weighted by molar-refractivity contribution is 5.92. The Hall–Kier alpha value is -3.33. The van der Waals surface area contributed by atoms with Crippen molar-refractivity contribution in [3.8, 4) is 23.1 Å². The van der Waals surface area contributed by atoms with E-state index in [2.05, 4.69) is 15.5 Å². The molecule has 3 aromatic rings. The van der Waals surface area contributed by atoms with Crippen molar-refractivity contribution in [2.45, 2.75) is 5.92 Å². The maximum absolute atomic E-state index is 12.2. The summed E-state index contributed by atoms with van der Waals surface area (Å²) in [6, 6.07) is 8.88. The average Bonchev–Trinajstić information content (AvgIpc) is 3.37. The molecule has 2 aromatic heterocycles. The average molecular weight is 368 g/mol. The van der Waals surface area contributed by atoms with Crippen LogP contribution in [0.1, 0.15) is 11.8 Å². The first-order chi connectivity index (χ1) is 13.2. The number of nitrogens with zero attached hydrogens (tertiary/aromatic N) is 3. The lowest BCUT2D eigenvalue weighted by Gasteiger charge is -2.36. The number of ether oxygens (including phenoxy) is 2. The fourth-order valence-corrected chi connectivity index (χ4v) is 3.14. The number of furan rings is 1. The molecule has 9 heteroatoms. The molecular formula is C18H16N4O5. The minimum absolute atomic E-state index is 0.0888. The van der Waals surface area contributed by atoms with Crippen molar-refractivity contribution in [1.82, 2.24) is 15.0 Å². The molecule has 1 amide bonds. The first-order valence-electron chi connectivity index (χ1n) is 8.54. The topological polar surface area (TPSA) is 103 Å². The van der Waals surface area contributed by atoms with Crippen LogP contribution in [-0.4, -0.2) is 47.4 Å². The van der Waals surface area contributed by atoms with Gasteiger partial charge >= 0.3 is 0 Å². The summed E-state index contributed by atoms with van der Waals surface area (Å²) in [6.45, 7) is 1.88. The molecule has 0 unspecified atom stereocenters. The minimum Gasteiger partial charge on any atom is -0.461 e. The van der Waals surface area contributed by atoms with Gasteiger partial charge in [0.2, 0.25) is 24.4 Å². The molecule has 0 saturated carbocycles. The van der Waals surface area contributed by atoms with Gasteiger partial charge in [-0.15, -0.1) is 0 Å². The summed E-state index contributed by atoms with van der Waals surface area (Å²) < 4.78 is 21.1. The fourth-order valence-electron chi connectivity index (χ4n) is 3.14. The van der Waals surface area contributed by atoms with Gasteiger partial charge in [0, 0.05) is 24.8 Å². The molecule has 5 rings (SSSR count). The highest BCUT2D eigenvalue weighted by Crippen LogP contribution is 2.34. The highest BCUT2D eigenvalue weighted by atomic mass is 16.7. The van der Waals surface area contributed by atoms with Crippen LogP contribution in [0.2, 0.25) is 0 Å². The Labute approximate surface area is 153 Å². The molecule has 2 aliphatic heterocycles. The van der Waals surface area contributed by atoms with Crippen LogP contribution < -0.4 is 14.8 Å². The van der Waals surface area contributed by atoms with Crippen molar-refractivity contribution in [2.24, 2.45) is 0 Å². The van der Waals surface area contributed by atoms with E-state index in [9.17, 15) is 4.79 Å². The third-order valence-electron chi connectivity index (χ3n) is 4.51. The quantitative estimate of drug-likeness (QED) is 0.730. The zero-order valence-corrected chi connectivity index (χ0v) is 14.3. The summed E-state index contributed by atoms with van der Waals surface area (Å²) >= 11 is 0. The molecule has 27 heavy (non-hydrogen) atoms. The van der Waals surface area contributed by atoms with Crippen LogP contribution in [0.5, 0.6) is 11.5 Å². The number of carbonyl (C=O) groups excluding carboxylic acids is 1. The van der Waals surface area contributed by atoms with Gasteiger partial charge in [-0.3, -0.25) is 9.69 Å². The smallest absolute Gasteiger partial charge is 0.238 e. The Kier molecular flexibility index (Phi) is 3.79. The Balaban J connectivity index is 1.13. The second-order valence-corrected chi connectivity index (χ2v) is 6.44. The van der Waals surface area contributed by atoms with Gasteiger partial charge < -0.3 is 23.7 Å². The van der Waals surface area contributed by atoms with Gasteiger partial charge in [0.1, 0.15) is 0 Å². The first kappa shape index (κ1) is 15.9. The molecule has 1 N–H and O–H groups in total. The monoisotopic (exact) mass is 368 g/mol. The lowest BCUT2D eigenvalue weighted by Crippen LogP contribution is -2.48. The molecule has 1 aromatic carbocycles. The van der Waals surface area contributed by atoms with Crippen LogP contribution in [0.4, 0.5) is 5.69 Å². The van der Waals surface area contributed by atoms with E-state index < -0.39 is 0 Å². The van der Waals surface area contributed by atoms with E-state index >= 15 is 0 Å². The second kappa shape index (κ2) is 6.44. The van der Waals surface area contributed by atoms with Crippen molar-refractivity contribution >= 4 is 11.6 Å². The van der Waals surface area contributed by atoms with Gasteiger partial charge in [0.25, 0.3) is 0 Å². The lowest BCUT2D eigenvalue weighted by molar-refractivity contribution is -0.118. The Morgan fingerprint density at radius 3 is 2.96 bits per heavy atom. The van der Waals surface area contributed by atoms with E-state index in [1.54, 1.807) is 36.6 Å². The zero-order chi connectivity index (χ0) is 18.2. The van der Waals surface area contributed by atoms with Crippen LogP contribution >= 0.6 is 0 Å². The molecule has 0 aliphatic carbocycles. The normalized spacial score (nSPS) is 16.3. The SMILES string of the molecule is O=C(CN1CC(c2nc(-c3ccco3)no2)C1)Nc1ccc2c(c1)OCO2. The van der Waals surface area contributed by atoms with Gasteiger partial charge in [-0.2, -0.15) is 4.98 Å². The molecule has 1 saturated heterocycles. The van der Waals surface area contributed by atoms with Gasteiger partial charge in [-0.25, -0.2) is 0 Å². The maximum atomic E-state index is 12.2. The van der Waals surface area contributed by atoms with E-state index in [1.807, 2.05) is 4.90 Å². The highest BCUT2D eigenvalue weighted by Gasteiger charge is 2.34. The number of nitrogens with one attached hydrogen (secondary N) is 1. The molecular weight excluding hydrogens is 352 g/mol. The molecule has 2 aliphatic rings. The molecule has 1 fully saturated rings. The van der Waals surface area contributed by atoms with Crippen LogP contribution in [0, 0.1) is 0 Å². The third-order valence-corrected chi connectivity index (χ3v) is 4.51. The number of amides is 1. The predicted molar refractivity (Wildman–Crippen MR) is 92.4 cm³/mol. The second-order valence-electron chi connectivity index (χ2n) is 6.44. The maximum Gasteiger partial charge on any atom is 0.238 e. The van der Waals surface area contributed by atoms with E-state index in [0.29, 0.717) is 54.3 Å². The molecule has 0 atom stereocenters. The van der Waals surface area contributed by atoms with E-state index in [-0.39, 0.29) is 18.6 Å². The third kappa shape index (κ3) is 3.13. The predicted octanol–water partition coefficient (Wildman–Crippen LogP) is 2.10.